The number of anilines is 1. The van der Waals surface area contributed by atoms with Gasteiger partial charge in [0.2, 0.25) is 12.7 Å². The fraction of sp³-hybridized carbons (Fsp3) is 0.0435. The lowest BCUT2D eigenvalue weighted by Crippen LogP contribution is -2.13. The van der Waals surface area contributed by atoms with Gasteiger partial charge < -0.3 is 19.2 Å². The monoisotopic (exact) mass is 462 g/mol. The van der Waals surface area contributed by atoms with Crippen LogP contribution in [0.1, 0.15) is 10.4 Å². The van der Waals surface area contributed by atoms with E-state index in [0.29, 0.717) is 40.0 Å². The number of oxazole rings is 1. The predicted octanol–water partition coefficient (Wildman–Crippen LogP) is 5.75. The first-order valence-corrected chi connectivity index (χ1v) is 9.99. The molecule has 0 saturated heterocycles. The Bertz CT molecular complexity index is 1230. The molecule has 0 unspecified atom stereocenters. The second-order valence-electron chi connectivity index (χ2n) is 6.60. The highest BCUT2D eigenvalue weighted by molar-refractivity contribution is 9.10. The molecule has 0 bridgehead atoms. The average molecular weight is 463 g/mol. The van der Waals surface area contributed by atoms with Crippen molar-refractivity contribution in [1.29, 1.82) is 0 Å². The molecule has 30 heavy (non-hydrogen) atoms. The molecule has 0 spiro atoms. The van der Waals surface area contributed by atoms with Gasteiger partial charge in [-0.2, -0.15) is 0 Å². The number of carbonyl (C=O) groups excluding carboxylic acids is 1. The highest BCUT2D eigenvalue weighted by Gasteiger charge is 2.19. The van der Waals surface area contributed by atoms with E-state index in [4.69, 9.17) is 13.9 Å². The molecule has 2 heterocycles. The van der Waals surface area contributed by atoms with Gasteiger partial charge in [0.1, 0.15) is 0 Å². The molecule has 0 radical (unpaired) electrons. The SMILES string of the molecule is O=C(Nc1ccc2c(c1)OCO2)c1ccccc1-c1ncc(-c2ccc(Br)cc2)o1. The number of amides is 1. The number of rotatable bonds is 4. The Balaban J connectivity index is 1.43. The number of nitrogens with one attached hydrogen (secondary N) is 1. The van der Waals surface area contributed by atoms with Crippen molar-refractivity contribution in [2.45, 2.75) is 0 Å². The first kappa shape index (κ1) is 18.4. The van der Waals surface area contributed by atoms with Gasteiger partial charge in [-0.25, -0.2) is 4.98 Å². The predicted molar refractivity (Wildman–Crippen MR) is 116 cm³/mol. The Morgan fingerprint density at radius 2 is 1.77 bits per heavy atom. The normalized spacial score (nSPS) is 12.0. The molecular weight excluding hydrogens is 448 g/mol. The van der Waals surface area contributed by atoms with Crippen LogP contribution in [-0.4, -0.2) is 17.7 Å². The van der Waals surface area contributed by atoms with E-state index in [2.05, 4.69) is 26.2 Å². The van der Waals surface area contributed by atoms with E-state index in [9.17, 15) is 4.79 Å². The maximum absolute atomic E-state index is 13.0. The number of aromatic nitrogens is 1. The smallest absolute Gasteiger partial charge is 0.256 e. The molecule has 0 atom stereocenters. The van der Waals surface area contributed by atoms with Crippen molar-refractivity contribution in [3.8, 4) is 34.3 Å². The summed E-state index contributed by atoms with van der Waals surface area (Å²) in [5.41, 5.74) is 2.58. The van der Waals surface area contributed by atoms with E-state index in [0.717, 1.165) is 10.0 Å². The topological polar surface area (TPSA) is 73.6 Å². The molecule has 1 aromatic heterocycles. The van der Waals surface area contributed by atoms with Gasteiger partial charge in [0.25, 0.3) is 5.91 Å². The zero-order chi connectivity index (χ0) is 20.5. The van der Waals surface area contributed by atoms with Gasteiger partial charge in [0.05, 0.1) is 11.8 Å². The Morgan fingerprint density at radius 1 is 0.967 bits per heavy atom. The molecule has 7 heteroatoms. The molecule has 3 aromatic carbocycles. The number of fused-ring (bicyclic) bond motifs is 1. The van der Waals surface area contributed by atoms with Crippen LogP contribution in [0.4, 0.5) is 5.69 Å². The van der Waals surface area contributed by atoms with Crippen molar-refractivity contribution in [2.24, 2.45) is 0 Å². The summed E-state index contributed by atoms with van der Waals surface area (Å²) in [5, 5.41) is 2.89. The minimum absolute atomic E-state index is 0.181. The first-order chi connectivity index (χ1) is 14.7. The summed E-state index contributed by atoms with van der Waals surface area (Å²) in [7, 11) is 0. The second-order valence-corrected chi connectivity index (χ2v) is 7.52. The van der Waals surface area contributed by atoms with Crippen molar-refractivity contribution in [3.63, 3.8) is 0 Å². The summed E-state index contributed by atoms with van der Waals surface area (Å²) in [4.78, 5) is 17.4. The highest BCUT2D eigenvalue weighted by atomic mass is 79.9. The average Bonchev–Trinajstić information content (AvgIpc) is 3.44. The van der Waals surface area contributed by atoms with Crippen LogP contribution in [-0.2, 0) is 0 Å². The summed E-state index contributed by atoms with van der Waals surface area (Å²) in [6, 6.07) is 20.2. The van der Waals surface area contributed by atoms with E-state index >= 15 is 0 Å². The third-order valence-electron chi connectivity index (χ3n) is 4.67. The lowest BCUT2D eigenvalue weighted by Gasteiger charge is -2.09. The minimum Gasteiger partial charge on any atom is -0.454 e. The molecule has 6 nitrogen and oxygen atoms in total. The lowest BCUT2D eigenvalue weighted by atomic mass is 10.1. The van der Waals surface area contributed by atoms with E-state index in [1.165, 1.54) is 0 Å². The fourth-order valence-corrected chi connectivity index (χ4v) is 3.45. The van der Waals surface area contributed by atoms with Crippen LogP contribution in [0.2, 0.25) is 0 Å². The summed E-state index contributed by atoms with van der Waals surface area (Å²) in [6.07, 6.45) is 1.66. The Morgan fingerprint density at radius 3 is 2.63 bits per heavy atom. The van der Waals surface area contributed by atoms with Crippen LogP contribution in [0.5, 0.6) is 11.5 Å². The van der Waals surface area contributed by atoms with Crippen LogP contribution in [0, 0.1) is 0 Å². The van der Waals surface area contributed by atoms with Crippen LogP contribution >= 0.6 is 15.9 Å². The van der Waals surface area contributed by atoms with Crippen LogP contribution in [0.3, 0.4) is 0 Å². The van der Waals surface area contributed by atoms with Gasteiger partial charge in [0.15, 0.2) is 17.3 Å². The number of benzene rings is 3. The van der Waals surface area contributed by atoms with Crippen LogP contribution in [0.25, 0.3) is 22.8 Å². The van der Waals surface area contributed by atoms with E-state index in [1.54, 1.807) is 36.5 Å². The maximum Gasteiger partial charge on any atom is 0.256 e. The van der Waals surface area contributed by atoms with Crippen LogP contribution < -0.4 is 14.8 Å². The lowest BCUT2D eigenvalue weighted by molar-refractivity contribution is 0.102. The number of halogens is 1. The summed E-state index contributed by atoms with van der Waals surface area (Å²) >= 11 is 3.42. The Kier molecular flexibility index (Phi) is 4.72. The minimum atomic E-state index is -0.271. The number of nitrogens with zero attached hydrogens (tertiary/aromatic N) is 1. The molecule has 0 aliphatic carbocycles. The summed E-state index contributed by atoms with van der Waals surface area (Å²) < 4.78 is 17.6. The van der Waals surface area contributed by atoms with Gasteiger partial charge in [-0.05, 0) is 36.4 Å². The molecular formula is C23H15BrN2O4. The number of hydrogen-bond acceptors (Lipinski definition) is 5. The molecule has 4 aromatic rings. The zero-order valence-corrected chi connectivity index (χ0v) is 17.2. The molecule has 1 amide bonds. The third-order valence-corrected chi connectivity index (χ3v) is 5.20. The van der Waals surface area contributed by atoms with Gasteiger partial charge in [-0.15, -0.1) is 0 Å². The Labute approximate surface area is 180 Å². The zero-order valence-electron chi connectivity index (χ0n) is 15.6. The molecule has 5 rings (SSSR count). The highest BCUT2D eigenvalue weighted by Crippen LogP contribution is 2.35. The summed E-state index contributed by atoms with van der Waals surface area (Å²) in [6.45, 7) is 0.181. The van der Waals surface area contributed by atoms with Gasteiger partial charge in [-0.1, -0.05) is 40.2 Å². The standard InChI is InChI=1S/C23H15BrN2O4/c24-15-7-5-14(6-8-15)21-12-25-23(30-21)18-4-2-1-3-17(18)22(27)26-16-9-10-19-20(11-16)29-13-28-19/h1-12H,13H2,(H,26,27). The van der Waals surface area contributed by atoms with E-state index in [1.807, 2.05) is 36.4 Å². The molecule has 0 saturated carbocycles. The van der Waals surface area contributed by atoms with Crippen molar-refractivity contribution in [1.82, 2.24) is 4.98 Å². The fourth-order valence-electron chi connectivity index (χ4n) is 3.19. The van der Waals surface area contributed by atoms with Gasteiger partial charge >= 0.3 is 0 Å². The first-order valence-electron chi connectivity index (χ1n) is 9.19. The number of ether oxygens (including phenoxy) is 2. The quantitative estimate of drug-likeness (QED) is 0.417. The largest absolute Gasteiger partial charge is 0.454 e. The van der Waals surface area contributed by atoms with Gasteiger partial charge in [-0.3, -0.25) is 4.79 Å². The van der Waals surface area contributed by atoms with E-state index in [-0.39, 0.29) is 12.7 Å². The Hall–Kier alpha value is -3.58. The van der Waals surface area contributed by atoms with Crippen molar-refractivity contribution < 1.29 is 18.7 Å². The molecule has 1 aliphatic rings. The molecule has 1 N–H and O–H groups in total. The summed E-state index contributed by atoms with van der Waals surface area (Å²) in [5.74, 6) is 2.00. The number of carbonyl (C=O) groups is 1. The molecule has 148 valence electrons. The third kappa shape index (κ3) is 3.55. The van der Waals surface area contributed by atoms with Crippen molar-refractivity contribution >= 4 is 27.5 Å². The second kappa shape index (κ2) is 7.68. The molecule has 0 fully saturated rings. The van der Waals surface area contributed by atoms with Crippen molar-refractivity contribution in [2.75, 3.05) is 12.1 Å². The maximum atomic E-state index is 13.0. The van der Waals surface area contributed by atoms with Crippen LogP contribution in [0.15, 0.2) is 81.8 Å². The number of hydrogen-bond donors (Lipinski definition) is 1. The van der Waals surface area contributed by atoms with Gasteiger partial charge in [0, 0.05) is 27.4 Å². The van der Waals surface area contributed by atoms with Crippen molar-refractivity contribution in [3.05, 3.63) is 83.0 Å². The van der Waals surface area contributed by atoms with E-state index < -0.39 is 0 Å². The molecule has 1 aliphatic heterocycles.